The van der Waals surface area contributed by atoms with Crippen molar-refractivity contribution >= 4 is 27.0 Å². The number of nitrogens with zero attached hydrogens (tertiary/aromatic N) is 4. The first-order chi connectivity index (χ1) is 14.6. The highest BCUT2D eigenvalue weighted by atomic mass is 79.9. The van der Waals surface area contributed by atoms with Gasteiger partial charge >= 0.3 is 0 Å². The Kier molecular flexibility index (Phi) is 4.56. The van der Waals surface area contributed by atoms with E-state index in [2.05, 4.69) is 21.0 Å². The van der Waals surface area contributed by atoms with Gasteiger partial charge in [-0.05, 0) is 49.4 Å². The standard InChI is InChI=1S/C24H17BrN4O/c1-16-6-5-7-17(14-16)23-26-22-21(15-28(27-22)19-8-3-2-4-9-19)24(30)29(23)20-12-10-18(25)11-13-20/h2-15H,1H3. The van der Waals surface area contributed by atoms with Crippen LogP contribution in [-0.2, 0) is 0 Å². The zero-order chi connectivity index (χ0) is 20.7. The van der Waals surface area contributed by atoms with Gasteiger partial charge in [0, 0.05) is 16.2 Å². The molecular weight excluding hydrogens is 440 g/mol. The summed E-state index contributed by atoms with van der Waals surface area (Å²) < 4.78 is 4.30. The lowest BCUT2D eigenvalue weighted by Gasteiger charge is -2.13. The van der Waals surface area contributed by atoms with Crippen LogP contribution in [0.2, 0.25) is 0 Å². The third-order valence-corrected chi connectivity index (χ3v) is 5.46. The molecule has 0 unspecified atom stereocenters. The summed E-state index contributed by atoms with van der Waals surface area (Å²) in [6.07, 6.45) is 1.75. The number of hydrogen-bond donors (Lipinski definition) is 0. The Morgan fingerprint density at radius 2 is 1.63 bits per heavy atom. The lowest BCUT2D eigenvalue weighted by atomic mass is 10.1. The Labute approximate surface area is 181 Å². The fourth-order valence-corrected chi connectivity index (χ4v) is 3.75. The molecule has 5 nitrogen and oxygen atoms in total. The molecule has 3 aromatic carbocycles. The highest BCUT2D eigenvalue weighted by Gasteiger charge is 2.17. The van der Waals surface area contributed by atoms with Crippen LogP contribution >= 0.6 is 15.9 Å². The number of halogens is 1. The Hall–Kier alpha value is -3.51. The molecule has 0 atom stereocenters. The molecule has 0 fully saturated rings. The molecule has 5 aromatic rings. The number of fused-ring (bicyclic) bond motifs is 1. The first kappa shape index (κ1) is 18.5. The molecule has 0 aliphatic rings. The molecule has 0 aliphatic heterocycles. The fourth-order valence-electron chi connectivity index (χ4n) is 3.49. The number of aromatic nitrogens is 4. The predicted octanol–water partition coefficient (Wildman–Crippen LogP) is 5.31. The van der Waals surface area contributed by atoms with Crippen molar-refractivity contribution in [3.05, 3.63) is 105 Å². The van der Waals surface area contributed by atoms with E-state index >= 15 is 0 Å². The maximum absolute atomic E-state index is 13.6. The summed E-state index contributed by atoms with van der Waals surface area (Å²) in [5.41, 5.74) is 3.86. The maximum Gasteiger partial charge on any atom is 0.269 e. The number of para-hydroxylation sites is 1. The van der Waals surface area contributed by atoms with Crippen LogP contribution in [0.25, 0.3) is 33.8 Å². The Balaban J connectivity index is 1.82. The van der Waals surface area contributed by atoms with E-state index < -0.39 is 0 Å². The maximum atomic E-state index is 13.6. The molecule has 0 aliphatic carbocycles. The third-order valence-electron chi connectivity index (χ3n) is 4.93. The minimum atomic E-state index is -0.152. The summed E-state index contributed by atoms with van der Waals surface area (Å²) in [6.45, 7) is 2.02. The molecule has 0 spiro atoms. The van der Waals surface area contributed by atoms with Crippen molar-refractivity contribution in [2.24, 2.45) is 0 Å². The second kappa shape index (κ2) is 7.39. The van der Waals surface area contributed by atoms with Crippen LogP contribution in [-0.4, -0.2) is 19.3 Å². The molecule has 30 heavy (non-hydrogen) atoms. The quantitative estimate of drug-likeness (QED) is 0.369. The van der Waals surface area contributed by atoms with Gasteiger partial charge in [0.05, 0.1) is 11.4 Å². The number of rotatable bonds is 3. The molecule has 6 heteroatoms. The second-order valence-corrected chi connectivity index (χ2v) is 7.98. The minimum Gasteiger partial charge on any atom is -0.268 e. The van der Waals surface area contributed by atoms with E-state index in [0.29, 0.717) is 16.9 Å². The summed E-state index contributed by atoms with van der Waals surface area (Å²) in [4.78, 5) is 18.4. The zero-order valence-corrected chi connectivity index (χ0v) is 17.7. The lowest BCUT2D eigenvalue weighted by molar-refractivity contribution is 0.888. The van der Waals surface area contributed by atoms with Crippen LogP contribution in [0, 0.1) is 6.92 Å². The summed E-state index contributed by atoms with van der Waals surface area (Å²) in [6, 6.07) is 25.3. The average molecular weight is 457 g/mol. The van der Waals surface area contributed by atoms with Gasteiger partial charge in [-0.25, -0.2) is 9.67 Å². The molecule has 0 amide bonds. The lowest BCUT2D eigenvalue weighted by Crippen LogP contribution is -2.21. The molecule has 0 bridgehead atoms. The number of benzene rings is 3. The molecule has 2 aromatic heterocycles. The van der Waals surface area contributed by atoms with Gasteiger partial charge in [-0.2, -0.15) is 0 Å². The van der Waals surface area contributed by atoms with Gasteiger partial charge in [0.15, 0.2) is 5.65 Å². The molecule has 146 valence electrons. The van der Waals surface area contributed by atoms with Gasteiger partial charge in [0.25, 0.3) is 5.56 Å². The Morgan fingerprint density at radius 1 is 0.867 bits per heavy atom. The molecule has 2 heterocycles. The molecule has 0 radical (unpaired) electrons. The molecule has 0 N–H and O–H groups in total. The number of hydrogen-bond acceptors (Lipinski definition) is 3. The molecule has 0 saturated carbocycles. The highest BCUT2D eigenvalue weighted by molar-refractivity contribution is 9.10. The van der Waals surface area contributed by atoms with Crippen molar-refractivity contribution in [1.82, 2.24) is 19.3 Å². The van der Waals surface area contributed by atoms with Gasteiger partial charge in [-0.3, -0.25) is 9.36 Å². The predicted molar refractivity (Wildman–Crippen MR) is 122 cm³/mol. The van der Waals surface area contributed by atoms with Gasteiger partial charge in [-0.15, -0.1) is 5.10 Å². The summed E-state index contributed by atoms with van der Waals surface area (Å²) in [5, 5.41) is 5.06. The van der Waals surface area contributed by atoms with Crippen molar-refractivity contribution in [3.63, 3.8) is 0 Å². The SMILES string of the molecule is Cc1cccc(-c2nc3nn(-c4ccccc4)cc3c(=O)n2-c2ccc(Br)cc2)c1. The van der Waals surface area contributed by atoms with Gasteiger partial charge < -0.3 is 0 Å². The van der Waals surface area contributed by atoms with Crippen molar-refractivity contribution in [3.8, 4) is 22.8 Å². The Bertz CT molecular complexity index is 1420. The van der Waals surface area contributed by atoms with Crippen LogP contribution in [0.3, 0.4) is 0 Å². The fraction of sp³-hybridized carbons (Fsp3) is 0.0417. The summed E-state index contributed by atoms with van der Waals surface area (Å²) >= 11 is 3.46. The minimum absolute atomic E-state index is 0.152. The van der Waals surface area contributed by atoms with Gasteiger partial charge in [0.2, 0.25) is 0 Å². The van der Waals surface area contributed by atoms with Crippen LogP contribution in [0.1, 0.15) is 5.56 Å². The second-order valence-electron chi connectivity index (χ2n) is 7.07. The monoisotopic (exact) mass is 456 g/mol. The van der Waals surface area contributed by atoms with Crippen LogP contribution < -0.4 is 5.56 Å². The first-order valence-electron chi connectivity index (χ1n) is 9.51. The summed E-state index contributed by atoms with van der Waals surface area (Å²) in [7, 11) is 0. The largest absolute Gasteiger partial charge is 0.269 e. The zero-order valence-electron chi connectivity index (χ0n) is 16.2. The average Bonchev–Trinajstić information content (AvgIpc) is 3.20. The highest BCUT2D eigenvalue weighted by Crippen LogP contribution is 2.24. The molecular formula is C24H17BrN4O. The number of aryl methyl sites for hydroxylation is 1. The van der Waals surface area contributed by atoms with Crippen molar-refractivity contribution in [1.29, 1.82) is 0 Å². The van der Waals surface area contributed by atoms with E-state index in [0.717, 1.165) is 27.0 Å². The smallest absolute Gasteiger partial charge is 0.268 e. The van der Waals surface area contributed by atoms with E-state index in [1.807, 2.05) is 85.8 Å². The molecule has 5 rings (SSSR count). The van der Waals surface area contributed by atoms with E-state index in [1.165, 1.54) is 0 Å². The van der Waals surface area contributed by atoms with Crippen molar-refractivity contribution in [2.45, 2.75) is 6.92 Å². The van der Waals surface area contributed by atoms with E-state index in [4.69, 9.17) is 4.98 Å². The topological polar surface area (TPSA) is 52.7 Å². The molecule has 0 saturated heterocycles. The normalized spacial score (nSPS) is 11.1. The van der Waals surface area contributed by atoms with Crippen LogP contribution in [0.5, 0.6) is 0 Å². The third kappa shape index (κ3) is 3.25. The van der Waals surface area contributed by atoms with Gasteiger partial charge in [-0.1, -0.05) is 57.9 Å². The van der Waals surface area contributed by atoms with E-state index in [1.54, 1.807) is 15.4 Å². The van der Waals surface area contributed by atoms with E-state index in [9.17, 15) is 4.79 Å². The first-order valence-corrected chi connectivity index (χ1v) is 10.3. The van der Waals surface area contributed by atoms with Gasteiger partial charge in [0.1, 0.15) is 11.2 Å². The van der Waals surface area contributed by atoms with E-state index in [-0.39, 0.29) is 5.56 Å². The van der Waals surface area contributed by atoms with Crippen LogP contribution in [0.4, 0.5) is 0 Å². The van der Waals surface area contributed by atoms with Crippen LogP contribution in [0.15, 0.2) is 94.3 Å². The van der Waals surface area contributed by atoms with Crippen molar-refractivity contribution in [2.75, 3.05) is 0 Å². The van der Waals surface area contributed by atoms with Crippen molar-refractivity contribution < 1.29 is 0 Å². The Morgan fingerprint density at radius 3 is 2.37 bits per heavy atom. The summed E-state index contributed by atoms with van der Waals surface area (Å²) in [5.74, 6) is 0.567.